The molecule has 13 heteroatoms. The summed E-state index contributed by atoms with van der Waals surface area (Å²) in [5.74, 6) is -6.93. The summed E-state index contributed by atoms with van der Waals surface area (Å²) >= 11 is 0. The number of hydrogen-bond acceptors (Lipinski definition) is 12. The first-order valence-corrected chi connectivity index (χ1v) is 23.8. The van der Waals surface area contributed by atoms with E-state index in [1.54, 1.807) is 28.1 Å². The van der Waals surface area contributed by atoms with Gasteiger partial charge in [-0.3, -0.25) is 19.2 Å². The number of piperidine rings is 1. The van der Waals surface area contributed by atoms with Gasteiger partial charge in [0.2, 0.25) is 5.79 Å². The zero-order chi connectivity index (χ0) is 47.3. The average Bonchev–Trinajstić information content (AvgIpc) is 3.27. The van der Waals surface area contributed by atoms with Crippen molar-refractivity contribution in [2.75, 3.05) is 27.9 Å². The highest BCUT2D eigenvalue weighted by Gasteiger charge is 2.53. The molecule has 4 aliphatic rings. The second kappa shape index (κ2) is 25.0. The second-order valence-electron chi connectivity index (χ2n) is 19.5. The molecule has 3 aliphatic heterocycles. The summed E-state index contributed by atoms with van der Waals surface area (Å²) in [4.78, 5) is 71.7. The molecule has 0 aromatic heterocycles. The minimum Gasteiger partial charge on any atom is -0.460 e. The van der Waals surface area contributed by atoms with Gasteiger partial charge in [-0.25, -0.2) is 4.79 Å². The number of fused-ring (bicyclic) bond motifs is 3. The molecule has 0 unspecified atom stereocenters. The highest BCUT2D eigenvalue weighted by molar-refractivity contribution is 6.39. The zero-order valence-corrected chi connectivity index (χ0v) is 40.3. The van der Waals surface area contributed by atoms with Crippen molar-refractivity contribution in [3.05, 3.63) is 47.6 Å². The van der Waals surface area contributed by atoms with Crippen molar-refractivity contribution in [3.63, 3.8) is 0 Å². The van der Waals surface area contributed by atoms with Crippen LogP contribution in [0.5, 0.6) is 0 Å². The molecule has 0 aromatic carbocycles. The lowest BCUT2D eigenvalue weighted by Crippen LogP contribution is -2.61. The van der Waals surface area contributed by atoms with Crippen molar-refractivity contribution in [1.82, 2.24) is 4.90 Å². The molecule has 1 aliphatic carbocycles. The lowest BCUT2D eigenvalue weighted by atomic mass is 9.78. The van der Waals surface area contributed by atoms with Crippen LogP contribution < -0.4 is 0 Å². The van der Waals surface area contributed by atoms with Crippen LogP contribution in [0.4, 0.5) is 0 Å². The standard InChI is InChI=1S/C51H79NO12/c1-31-16-12-11-13-17-33(3)43(60-8)29-39-21-19-37(7)51(59,64-39)48(56)49(57)52-23-15-14-18-40(52)50(58)63-44(35(5)27-38-20-22-41(53)45(28-38)61-9)30-42(54)34(4)25-32(2)26-46(62-10)47(55)36(6)24-31/h11-13,16-17,25,31,34-41,43-46,53,59H,14-15,18-24,26-30H2,1-10H3/b13-11+,16-12+,32-25+,33-17+/t31-,34-,35-,36-,37-,38+,39+,40+,41-,43+,44+,45-,46-,51-/m1/s1. The van der Waals surface area contributed by atoms with Gasteiger partial charge in [-0.15, -0.1) is 0 Å². The maximum Gasteiger partial charge on any atom is 0.329 e. The van der Waals surface area contributed by atoms with Crippen molar-refractivity contribution in [1.29, 1.82) is 0 Å². The van der Waals surface area contributed by atoms with Gasteiger partial charge in [-0.1, -0.05) is 76.6 Å². The van der Waals surface area contributed by atoms with Crippen LogP contribution in [0.25, 0.3) is 0 Å². The first-order valence-electron chi connectivity index (χ1n) is 23.8. The molecule has 2 saturated heterocycles. The largest absolute Gasteiger partial charge is 0.460 e. The second-order valence-corrected chi connectivity index (χ2v) is 19.5. The Kier molecular flexibility index (Phi) is 20.8. The summed E-state index contributed by atoms with van der Waals surface area (Å²) in [6.07, 6.45) is 14.3. The molecular weight excluding hydrogens is 819 g/mol. The molecule has 3 heterocycles. The topological polar surface area (TPSA) is 175 Å². The van der Waals surface area contributed by atoms with Crippen LogP contribution >= 0.6 is 0 Å². The number of carbonyl (C=O) groups is 5. The third-order valence-electron chi connectivity index (χ3n) is 14.3. The van der Waals surface area contributed by atoms with Crippen molar-refractivity contribution < 1.29 is 57.9 Å². The summed E-state index contributed by atoms with van der Waals surface area (Å²) in [5.41, 5.74) is 1.73. The lowest BCUT2D eigenvalue weighted by Gasteiger charge is -2.42. The Morgan fingerprint density at radius 1 is 0.844 bits per heavy atom. The van der Waals surface area contributed by atoms with Gasteiger partial charge >= 0.3 is 5.97 Å². The molecule has 1 amide bonds. The number of rotatable bonds is 6. The third kappa shape index (κ3) is 14.3. The van der Waals surface area contributed by atoms with E-state index in [1.807, 2.05) is 58.1 Å². The molecule has 3 fully saturated rings. The van der Waals surface area contributed by atoms with Gasteiger partial charge in [0.25, 0.3) is 11.7 Å². The van der Waals surface area contributed by atoms with Crippen molar-refractivity contribution in [2.24, 2.45) is 35.5 Å². The molecule has 4 rings (SSSR count). The maximum absolute atomic E-state index is 14.4. The molecular formula is C51H79NO12. The Morgan fingerprint density at radius 3 is 2.25 bits per heavy atom. The first-order chi connectivity index (χ1) is 30.3. The lowest BCUT2D eigenvalue weighted by molar-refractivity contribution is -0.265. The van der Waals surface area contributed by atoms with E-state index in [-0.39, 0.29) is 60.7 Å². The number of cyclic esters (lactones) is 1. The van der Waals surface area contributed by atoms with E-state index in [2.05, 4.69) is 13.0 Å². The van der Waals surface area contributed by atoms with Crippen LogP contribution in [-0.4, -0.2) is 121 Å². The number of amides is 1. The van der Waals surface area contributed by atoms with Crippen LogP contribution in [0.15, 0.2) is 47.6 Å². The molecule has 64 heavy (non-hydrogen) atoms. The number of hydrogen-bond donors (Lipinski definition) is 2. The zero-order valence-electron chi connectivity index (χ0n) is 40.3. The highest BCUT2D eigenvalue weighted by Crippen LogP contribution is 2.38. The van der Waals surface area contributed by atoms with Gasteiger partial charge in [-0.2, -0.15) is 0 Å². The first kappa shape index (κ1) is 53.3. The van der Waals surface area contributed by atoms with E-state index in [0.29, 0.717) is 64.2 Å². The van der Waals surface area contributed by atoms with Crippen molar-refractivity contribution in [2.45, 2.75) is 180 Å². The number of allylic oxidation sites excluding steroid dienone is 6. The molecule has 360 valence electrons. The molecule has 2 bridgehead atoms. The fourth-order valence-corrected chi connectivity index (χ4v) is 10.1. The van der Waals surface area contributed by atoms with Crippen LogP contribution in [0.2, 0.25) is 0 Å². The van der Waals surface area contributed by atoms with Gasteiger partial charge in [0.05, 0.1) is 24.4 Å². The van der Waals surface area contributed by atoms with Gasteiger partial charge < -0.3 is 38.8 Å². The summed E-state index contributed by atoms with van der Waals surface area (Å²) in [5, 5.41) is 22.4. The number of aliphatic hydroxyl groups is 2. The number of methoxy groups -OCH3 is 3. The molecule has 0 radical (unpaired) electrons. The quantitative estimate of drug-likeness (QED) is 0.156. The van der Waals surface area contributed by atoms with Crippen LogP contribution in [0, 0.1) is 35.5 Å². The average molecular weight is 898 g/mol. The summed E-state index contributed by atoms with van der Waals surface area (Å²) in [6.45, 7) is 13.3. The Morgan fingerprint density at radius 2 is 1.56 bits per heavy atom. The third-order valence-corrected chi connectivity index (χ3v) is 14.3. The van der Waals surface area contributed by atoms with Crippen molar-refractivity contribution >= 4 is 29.2 Å². The number of ether oxygens (including phenoxy) is 5. The Bertz CT molecular complexity index is 1720. The predicted molar refractivity (Wildman–Crippen MR) is 244 cm³/mol. The monoisotopic (exact) mass is 898 g/mol. The van der Waals surface area contributed by atoms with Gasteiger partial charge in [0.15, 0.2) is 5.78 Å². The maximum atomic E-state index is 14.4. The molecule has 13 nitrogen and oxygen atoms in total. The smallest absolute Gasteiger partial charge is 0.329 e. The molecule has 0 spiro atoms. The predicted octanol–water partition coefficient (Wildman–Crippen LogP) is 7.21. The van der Waals surface area contributed by atoms with E-state index in [9.17, 15) is 34.2 Å². The van der Waals surface area contributed by atoms with E-state index in [4.69, 9.17) is 23.7 Å². The van der Waals surface area contributed by atoms with Crippen LogP contribution in [0.1, 0.15) is 132 Å². The summed E-state index contributed by atoms with van der Waals surface area (Å²) in [7, 11) is 4.70. The number of carbonyl (C=O) groups excluding carboxylic acids is 5. The van der Waals surface area contributed by atoms with Gasteiger partial charge in [0.1, 0.15) is 24.0 Å². The molecule has 1 saturated carbocycles. The van der Waals surface area contributed by atoms with E-state index < -0.39 is 71.8 Å². The van der Waals surface area contributed by atoms with Crippen LogP contribution in [0.3, 0.4) is 0 Å². The number of Topliss-reactive ketones (excluding diaryl/α,β-unsaturated/α-hetero) is 3. The number of nitrogens with zero attached hydrogens (tertiary/aromatic N) is 1. The minimum atomic E-state index is -2.41. The normalized spacial score (nSPS) is 39.7. The Labute approximate surface area is 382 Å². The van der Waals surface area contributed by atoms with E-state index >= 15 is 0 Å². The summed E-state index contributed by atoms with van der Waals surface area (Å²) in [6, 6.07) is -1.10. The molecule has 14 atom stereocenters. The molecule has 2 N–H and O–H groups in total. The van der Waals surface area contributed by atoms with Crippen LogP contribution in [-0.2, 0) is 47.7 Å². The number of aliphatic hydroxyl groups excluding tert-OH is 1. The SMILES string of the molecule is CO[C@H]1C[C@@H]2CC[C@@H](C)[C@@](O)(O2)C(=O)C(=O)N2CCCC[C@H]2C(=O)O[C@H]([C@H](C)C[C@@H]2CC[C@@H](O)[C@H](OC)C2)CC(=O)[C@H](C)/C=C(\C)C[C@@H](OC)C(=O)[C@H](C)C[C@H](C)/C=C/C=C/C=C/1C. The number of ketones is 3. The van der Waals surface area contributed by atoms with Gasteiger partial charge in [0, 0.05) is 64.9 Å². The van der Waals surface area contributed by atoms with Gasteiger partial charge in [-0.05, 0) is 101 Å². The minimum absolute atomic E-state index is 0.00308. The fraction of sp³-hybridized carbons (Fsp3) is 0.745. The molecule has 0 aromatic rings. The van der Waals surface area contributed by atoms with E-state index in [0.717, 1.165) is 17.6 Å². The van der Waals surface area contributed by atoms with Crippen molar-refractivity contribution in [3.8, 4) is 0 Å². The van der Waals surface area contributed by atoms with E-state index in [1.165, 1.54) is 12.0 Å². The Balaban J connectivity index is 1.68. The fourth-order valence-electron chi connectivity index (χ4n) is 10.1. The Hall–Kier alpha value is -3.33. The number of esters is 1. The highest BCUT2D eigenvalue weighted by atomic mass is 16.6. The summed E-state index contributed by atoms with van der Waals surface area (Å²) < 4.78 is 29.6.